The Bertz CT molecular complexity index is 190. The fourth-order valence-corrected chi connectivity index (χ4v) is 1.85. The highest BCUT2D eigenvalue weighted by Crippen LogP contribution is 1.93. The molecule has 2 N–H and O–H groups in total. The molecule has 4 nitrogen and oxygen atoms in total. The number of hydrogen-bond acceptors (Lipinski definition) is 3. The third-order valence-corrected chi connectivity index (χ3v) is 2.87. The summed E-state index contributed by atoms with van der Waals surface area (Å²) in [7, 11) is 4.18. The smallest absolute Gasteiger partial charge is 0.169 e. The number of rotatable bonds is 4. The fourth-order valence-electron chi connectivity index (χ4n) is 1.57. The number of nitrogens with zero attached hydrogens (tertiary/aromatic N) is 2. The van der Waals surface area contributed by atoms with E-state index in [1.807, 2.05) is 0 Å². The Morgan fingerprint density at radius 3 is 2.67 bits per heavy atom. The van der Waals surface area contributed by atoms with E-state index in [1.54, 1.807) is 0 Å². The molecular formula is C10H22N4S. The van der Waals surface area contributed by atoms with Crippen molar-refractivity contribution >= 4 is 17.3 Å². The molecule has 0 unspecified atom stereocenters. The van der Waals surface area contributed by atoms with Crippen molar-refractivity contribution < 1.29 is 0 Å². The lowest BCUT2D eigenvalue weighted by molar-refractivity contribution is 0.350. The zero-order valence-corrected chi connectivity index (χ0v) is 10.6. The quantitative estimate of drug-likeness (QED) is 0.512. The van der Waals surface area contributed by atoms with Crippen LogP contribution in [0.5, 0.6) is 0 Å². The fraction of sp³-hybridized carbons (Fsp3) is 0.900. The summed E-state index contributed by atoms with van der Waals surface area (Å²) in [6.07, 6.45) is 1.14. The summed E-state index contributed by atoms with van der Waals surface area (Å²) < 4.78 is 0. The van der Waals surface area contributed by atoms with Gasteiger partial charge in [0.25, 0.3) is 0 Å². The molecule has 5 heteroatoms. The Morgan fingerprint density at radius 1 is 1.40 bits per heavy atom. The van der Waals surface area contributed by atoms with Crippen molar-refractivity contribution in [2.75, 3.05) is 53.4 Å². The van der Waals surface area contributed by atoms with Crippen LogP contribution in [0.25, 0.3) is 0 Å². The molecule has 1 rings (SSSR count). The van der Waals surface area contributed by atoms with Crippen molar-refractivity contribution in [1.82, 2.24) is 20.4 Å². The highest BCUT2D eigenvalue weighted by molar-refractivity contribution is 7.80. The standard InChI is InChI=1S/C10H22N4S/c1-13(2)7-3-4-12-10(15)14-8-5-11-6-9-14/h11H,3-9H2,1-2H3,(H,12,15). The molecule has 0 amide bonds. The molecule has 0 atom stereocenters. The first kappa shape index (κ1) is 12.7. The lowest BCUT2D eigenvalue weighted by Gasteiger charge is -2.30. The lowest BCUT2D eigenvalue weighted by atomic mass is 10.4. The maximum Gasteiger partial charge on any atom is 0.169 e. The SMILES string of the molecule is CN(C)CCCNC(=S)N1CCNCC1. The van der Waals surface area contributed by atoms with Gasteiger partial charge in [0.05, 0.1) is 0 Å². The second kappa shape index (κ2) is 6.98. The van der Waals surface area contributed by atoms with Crippen LogP contribution in [0.1, 0.15) is 6.42 Å². The Labute approximate surface area is 98.0 Å². The average molecular weight is 230 g/mol. The third-order valence-electron chi connectivity index (χ3n) is 2.46. The summed E-state index contributed by atoms with van der Waals surface area (Å²) in [5.74, 6) is 0. The molecule has 1 aliphatic heterocycles. The van der Waals surface area contributed by atoms with E-state index in [1.165, 1.54) is 0 Å². The molecule has 0 radical (unpaired) electrons. The van der Waals surface area contributed by atoms with Gasteiger partial charge in [-0.3, -0.25) is 0 Å². The minimum atomic E-state index is 0.912. The van der Waals surface area contributed by atoms with Gasteiger partial charge in [-0.1, -0.05) is 0 Å². The van der Waals surface area contributed by atoms with Gasteiger partial charge in [-0.15, -0.1) is 0 Å². The monoisotopic (exact) mass is 230 g/mol. The van der Waals surface area contributed by atoms with Crippen molar-refractivity contribution in [2.24, 2.45) is 0 Å². The molecule has 1 heterocycles. The zero-order chi connectivity index (χ0) is 11.1. The highest BCUT2D eigenvalue weighted by atomic mass is 32.1. The van der Waals surface area contributed by atoms with E-state index < -0.39 is 0 Å². The molecule has 1 aliphatic rings. The molecule has 15 heavy (non-hydrogen) atoms. The first-order valence-electron chi connectivity index (χ1n) is 5.58. The van der Waals surface area contributed by atoms with E-state index in [-0.39, 0.29) is 0 Å². The van der Waals surface area contributed by atoms with Gasteiger partial charge in [0.1, 0.15) is 0 Å². The van der Waals surface area contributed by atoms with E-state index in [2.05, 4.69) is 34.5 Å². The van der Waals surface area contributed by atoms with Crippen molar-refractivity contribution in [1.29, 1.82) is 0 Å². The minimum Gasteiger partial charge on any atom is -0.363 e. The van der Waals surface area contributed by atoms with Crippen molar-refractivity contribution in [2.45, 2.75) is 6.42 Å². The highest BCUT2D eigenvalue weighted by Gasteiger charge is 2.11. The maximum absolute atomic E-state index is 5.33. The van der Waals surface area contributed by atoms with Gasteiger partial charge in [-0.25, -0.2) is 0 Å². The summed E-state index contributed by atoms with van der Waals surface area (Å²) in [6, 6.07) is 0. The number of piperazine rings is 1. The molecule has 0 saturated carbocycles. The topological polar surface area (TPSA) is 30.5 Å². The van der Waals surface area contributed by atoms with Crippen LogP contribution in [0, 0.1) is 0 Å². The van der Waals surface area contributed by atoms with E-state index in [9.17, 15) is 0 Å². The van der Waals surface area contributed by atoms with Crippen LogP contribution in [0.4, 0.5) is 0 Å². The number of hydrogen-bond donors (Lipinski definition) is 2. The van der Waals surface area contributed by atoms with E-state index in [0.29, 0.717) is 0 Å². The van der Waals surface area contributed by atoms with Gasteiger partial charge >= 0.3 is 0 Å². The molecule has 1 fully saturated rings. The molecular weight excluding hydrogens is 208 g/mol. The zero-order valence-electron chi connectivity index (χ0n) is 9.75. The largest absolute Gasteiger partial charge is 0.363 e. The van der Waals surface area contributed by atoms with E-state index in [4.69, 9.17) is 12.2 Å². The van der Waals surface area contributed by atoms with Crippen molar-refractivity contribution in [3.05, 3.63) is 0 Å². The summed E-state index contributed by atoms with van der Waals surface area (Å²) in [5, 5.41) is 7.54. The van der Waals surface area contributed by atoms with Gasteiger partial charge < -0.3 is 20.4 Å². The summed E-state index contributed by atoms with van der Waals surface area (Å²) >= 11 is 5.33. The Balaban J connectivity index is 2.07. The molecule has 0 aromatic heterocycles. The van der Waals surface area contributed by atoms with Crippen LogP contribution in [0.15, 0.2) is 0 Å². The molecule has 0 aliphatic carbocycles. The Morgan fingerprint density at radius 2 is 2.07 bits per heavy atom. The van der Waals surface area contributed by atoms with Crippen molar-refractivity contribution in [3.8, 4) is 0 Å². The van der Waals surface area contributed by atoms with Crippen LogP contribution >= 0.6 is 12.2 Å². The third kappa shape index (κ3) is 5.30. The normalized spacial score (nSPS) is 16.9. The second-order valence-corrected chi connectivity index (χ2v) is 4.51. The van der Waals surface area contributed by atoms with E-state index in [0.717, 1.165) is 50.8 Å². The summed E-state index contributed by atoms with van der Waals surface area (Å²) in [5.41, 5.74) is 0. The van der Waals surface area contributed by atoms with Crippen LogP contribution in [-0.2, 0) is 0 Å². The van der Waals surface area contributed by atoms with Crippen LogP contribution < -0.4 is 10.6 Å². The average Bonchev–Trinajstić information content (AvgIpc) is 2.25. The first-order valence-corrected chi connectivity index (χ1v) is 5.99. The minimum absolute atomic E-state index is 0.912. The Hall–Kier alpha value is -0.390. The van der Waals surface area contributed by atoms with Crippen LogP contribution in [0.2, 0.25) is 0 Å². The maximum atomic E-state index is 5.33. The van der Waals surface area contributed by atoms with Crippen LogP contribution in [-0.4, -0.2) is 68.3 Å². The van der Waals surface area contributed by atoms with Gasteiger partial charge in [0, 0.05) is 32.7 Å². The van der Waals surface area contributed by atoms with Gasteiger partial charge in [0.15, 0.2) is 5.11 Å². The van der Waals surface area contributed by atoms with E-state index >= 15 is 0 Å². The van der Waals surface area contributed by atoms with Gasteiger partial charge in [0.2, 0.25) is 0 Å². The molecule has 0 aromatic rings. The molecule has 0 bridgehead atoms. The lowest BCUT2D eigenvalue weighted by Crippen LogP contribution is -2.50. The molecule has 1 saturated heterocycles. The Kier molecular flexibility index (Phi) is 5.90. The number of nitrogens with one attached hydrogen (secondary N) is 2. The van der Waals surface area contributed by atoms with Crippen molar-refractivity contribution in [3.63, 3.8) is 0 Å². The predicted molar refractivity (Wildman–Crippen MR) is 68.2 cm³/mol. The number of thiocarbonyl (C=S) groups is 1. The second-order valence-electron chi connectivity index (χ2n) is 4.13. The molecule has 88 valence electrons. The van der Waals surface area contributed by atoms with Gasteiger partial charge in [-0.05, 0) is 39.3 Å². The predicted octanol–water partition coefficient (Wildman–Crippen LogP) is -0.282. The summed E-state index contributed by atoms with van der Waals surface area (Å²) in [4.78, 5) is 4.43. The van der Waals surface area contributed by atoms with Crippen LogP contribution in [0.3, 0.4) is 0 Å². The summed E-state index contributed by atoms with van der Waals surface area (Å²) in [6.45, 7) is 6.22. The first-order chi connectivity index (χ1) is 7.20. The molecule has 0 spiro atoms. The van der Waals surface area contributed by atoms with Gasteiger partial charge in [-0.2, -0.15) is 0 Å². The molecule has 0 aromatic carbocycles.